The Morgan fingerprint density at radius 2 is 1.90 bits per heavy atom. The van der Waals surface area contributed by atoms with E-state index in [9.17, 15) is 14.7 Å². The van der Waals surface area contributed by atoms with E-state index in [-0.39, 0.29) is 23.6 Å². The standard InChI is InChI=1S/C14H12N2O4/c17-11-6-2-1-4-9(11)8-12(18)16-13-10(14(19)20)5-3-7-15-13/h1-7,17H,8H2,(H,19,20)(H,15,16,18). The number of hydrogen-bond donors (Lipinski definition) is 3. The Morgan fingerprint density at radius 1 is 1.15 bits per heavy atom. The van der Waals surface area contributed by atoms with E-state index in [4.69, 9.17) is 5.11 Å². The van der Waals surface area contributed by atoms with Crippen LogP contribution in [-0.4, -0.2) is 27.1 Å². The molecule has 0 fully saturated rings. The number of aromatic carboxylic acids is 1. The highest BCUT2D eigenvalue weighted by Gasteiger charge is 2.14. The van der Waals surface area contributed by atoms with Gasteiger partial charge in [0, 0.05) is 11.8 Å². The summed E-state index contributed by atoms with van der Waals surface area (Å²) >= 11 is 0. The number of pyridine rings is 1. The number of carbonyl (C=O) groups excluding carboxylic acids is 1. The Balaban J connectivity index is 2.13. The molecule has 1 aromatic heterocycles. The predicted octanol–water partition coefficient (Wildman–Crippen LogP) is 1.67. The molecule has 1 aromatic carbocycles. The molecule has 0 bridgehead atoms. The number of phenols is 1. The van der Waals surface area contributed by atoms with Crippen LogP contribution in [-0.2, 0) is 11.2 Å². The number of carboxylic acids is 1. The van der Waals surface area contributed by atoms with Crippen molar-refractivity contribution in [2.75, 3.05) is 5.32 Å². The van der Waals surface area contributed by atoms with Crippen molar-refractivity contribution in [3.8, 4) is 5.75 Å². The Bertz CT molecular complexity index is 655. The summed E-state index contributed by atoms with van der Waals surface area (Å²) < 4.78 is 0. The summed E-state index contributed by atoms with van der Waals surface area (Å²) in [6, 6.07) is 9.27. The first kappa shape index (κ1) is 13.5. The van der Waals surface area contributed by atoms with Gasteiger partial charge in [0.05, 0.1) is 6.42 Å². The Hall–Kier alpha value is -2.89. The number of hydrogen-bond acceptors (Lipinski definition) is 4. The van der Waals surface area contributed by atoms with Crippen molar-refractivity contribution in [2.45, 2.75) is 6.42 Å². The normalized spacial score (nSPS) is 10.0. The zero-order valence-corrected chi connectivity index (χ0v) is 10.4. The lowest BCUT2D eigenvalue weighted by Crippen LogP contribution is -2.17. The summed E-state index contributed by atoms with van der Waals surface area (Å²) in [6.07, 6.45) is 1.32. The van der Waals surface area contributed by atoms with Crippen LogP contribution in [0.5, 0.6) is 5.75 Å². The topological polar surface area (TPSA) is 99.5 Å². The van der Waals surface area contributed by atoms with E-state index < -0.39 is 11.9 Å². The fourth-order valence-electron chi connectivity index (χ4n) is 1.69. The second-order valence-corrected chi connectivity index (χ2v) is 4.06. The summed E-state index contributed by atoms with van der Waals surface area (Å²) in [6.45, 7) is 0. The van der Waals surface area contributed by atoms with Gasteiger partial charge in [0.25, 0.3) is 0 Å². The van der Waals surface area contributed by atoms with E-state index in [1.165, 1.54) is 24.4 Å². The van der Waals surface area contributed by atoms with Gasteiger partial charge in [0.1, 0.15) is 17.1 Å². The monoisotopic (exact) mass is 272 g/mol. The third-order valence-corrected chi connectivity index (χ3v) is 2.64. The van der Waals surface area contributed by atoms with Crippen LogP contribution >= 0.6 is 0 Å². The summed E-state index contributed by atoms with van der Waals surface area (Å²) in [7, 11) is 0. The highest BCUT2D eigenvalue weighted by atomic mass is 16.4. The number of benzene rings is 1. The number of anilines is 1. The molecule has 6 heteroatoms. The van der Waals surface area contributed by atoms with E-state index in [0.717, 1.165) is 0 Å². The Morgan fingerprint density at radius 3 is 2.60 bits per heavy atom. The molecule has 2 rings (SSSR count). The van der Waals surface area contributed by atoms with Crippen LogP contribution in [0, 0.1) is 0 Å². The van der Waals surface area contributed by atoms with Crippen LogP contribution in [0.2, 0.25) is 0 Å². The van der Waals surface area contributed by atoms with Gasteiger partial charge in [-0.05, 0) is 18.2 Å². The quantitative estimate of drug-likeness (QED) is 0.786. The molecule has 0 aliphatic carbocycles. The van der Waals surface area contributed by atoms with E-state index in [2.05, 4.69) is 10.3 Å². The Labute approximate surface area is 114 Å². The van der Waals surface area contributed by atoms with Crippen molar-refractivity contribution in [3.63, 3.8) is 0 Å². The SMILES string of the molecule is O=C(Cc1ccccc1O)Nc1ncccc1C(=O)O. The van der Waals surface area contributed by atoms with Gasteiger partial charge in [-0.1, -0.05) is 18.2 Å². The molecule has 0 saturated carbocycles. The van der Waals surface area contributed by atoms with Gasteiger partial charge in [-0.2, -0.15) is 0 Å². The fraction of sp³-hybridized carbons (Fsp3) is 0.0714. The number of phenolic OH excluding ortho intramolecular Hbond substituents is 1. The number of nitrogens with one attached hydrogen (secondary N) is 1. The second-order valence-electron chi connectivity index (χ2n) is 4.06. The van der Waals surface area contributed by atoms with Gasteiger partial charge in [-0.3, -0.25) is 4.79 Å². The van der Waals surface area contributed by atoms with Crippen LogP contribution < -0.4 is 5.32 Å². The number of rotatable bonds is 4. The zero-order valence-electron chi connectivity index (χ0n) is 10.4. The van der Waals surface area contributed by atoms with Gasteiger partial charge in [0.15, 0.2) is 0 Å². The molecule has 2 aromatic rings. The maximum Gasteiger partial charge on any atom is 0.339 e. The average molecular weight is 272 g/mol. The van der Waals surface area contributed by atoms with Gasteiger partial charge in [-0.25, -0.2) is 9.78 Å². The summed E-state index contributed by atoms with van der Waals surface area (Å²) in [5.74, 6) is -1.62. The smallest absolute Gasteiger partial charge is 0.339 e. The zero-order chi connectivity index (χ0) is 14.5. The number of amides is 1. The average Bonchev–Trinajstić information content (AvgIpc) is 2.41. The molecule has 0 radical (unpaired) electrons. The summed E-state index contributed by atoms with van der Waals surface area (Å²) in [4.78, 5) is 26.7. The summed E-state index contributed by atoms with van der Waals surface area (Å²) in [5.41, 5.74) is 0.371. The second kappa shape index (κ2) is 5.83. The first-order valence-corrected chi connectivity index (χ1v) is 5.83. The van der Waals surface area contributed by atoms with Crippen molar-refractivity contribution >= 4 is 17.7 Å². The minimum atomic E-state index is -1.17. The molecule has 0 unspecified atom stereocenters. The van der Waals surface area contributed by atoms with Crippen molar-refractivity contribution < 1.29 is 19.8 Å². The van der Waals surface area contributed by atoms with E-state index in [0.29, 0.717) is 5.56 Å². The first-order valence-electron chi connectivity index (χ1n) is 5.83. The number of aromatic hydroxyl groups is 1. The summed E-state index contributed by atoms with van der Waals surface area (Å²) in [5, 5.41) is 21.0. The number of carbonyl (C=O) groups is 2. The van der Waals surface area contributed by atoms with Gasteiger partial charge in [0.2, 0.25) is 5.91 Å². The largest absolute Gasteiger partial charge is 0.508 e. The maximum absolute atomic E-state index is 11.9. The lowest BCUT2D eigenvalue weighted by molar-refractivity contribution is -0.115. The molecular formula is C14H12N2O4. The number of para-hydroxylation sites is 1. The van der Waals surface area contributed by atoms with Gasteiger partial charge in [-0.15, -0.1) is 0 Å². The molecule has 0 spiro atoms. The fourth-order valence-corrected chi connectivity index (χ4v) is 1.69. The van der Waals surface area contributed by atoms with Crippen LogP contribution in [0.15, 0.2) is 42.6 Å². The predicted molar refractivity (Wildman–Crippen MR) is 71.6 cm³/mol. The van der Waals surface area contributed by atoms with E-state index in [1.807, 2.05) is 0 Å². The van der Waals surface area contributed by atoms with Crippen molar-refractivity contribution in [1.82, 2.24) is 4.98 Å². The number of nitrogens with zero attached hydrogens (tertiary/aromatic N) is 1. The number of carboxylic acid groups (broad SMARTS) is 1. The molecule has 0 saturated heterocycles. The molecule has 20 heavy (non-hydrogen) atoms. The minimum Gasteiger partial charge on any atom is -0.508 e. The Kier molecular flexibility index (Phi) is 3.95. The molecule has 6 nitrogen and oxygen atoms in total. The van der Waals surface area contributed by atoms with Crippen LogP contribution in [0.25, 0.3) is 0 Å². The minimum absolute atomic E-state index is 0.0135. The molecule has 0 atom stereocenters. The maximum atomic E-state index is 11.9. The molecular weight excluding hydrogens is 260 g/mol. The number of aromatic nitrogens is 1. The third kappa shape index (κ3) is 3.11. The van der Waals surface area contributed by atoms with Crippen molar-refractivity contribution in [1.29, 1.82) is 0 Å². The highest BCUT2D eigenvalue weighted by Crippen LogP contribution is 2.17. The molecule has 1 amide bonds. The van der Waals surface area contributed by atoms with Crippen LogP contribution in [0.4, 0.5) is 5.82 Å². The van der Waals surface area contributed by atoms with Crippen molar-refractivity contribution in [3.05, 3.63) is 53.7 Å². The lowest BCUT2D eigenvalue weighted by Gasteiger charge is -2.08. The molecule has 0 aliphatic heterocycles. The van der Waals surface area contributed by atoms with Gasteiger partial charge >= 0.3 is 5.97 Å². The highest BCUT2D eigenvalue weighted by molar-refractivity contribution is 5.99. The molecule has 102 valence electrons. The lowest BCUT2D eigenvalue weighted by atomic mass is 10.1. The van der Waals surface area contributed by atoms with E-state index in [1.54, 1.807) is 18.2 Å². The van der Waals surface area contributed by atoms with Crippen LogP contribution in [0.3, 0.4) is 0 Å². The molecule has 3 N–H and O–H groups in total. The van der Waals surface area contributed by atoms with Crippen molar-refractivity contribution in [2.24, 2.45) is 0 Å². The van der Waals surface area contributed by atoms with Crippen LogP contribution in [0.1, 0.15) is 15.9 Å². The van der Waals surface area contributed by atoms with E-state index >= 15 is 0 Å². The van der Waals surface area contributed by atoms with Gasteiger partial charge < -0.3 is 15.5 Å². The molecule has 1 heterocycles. The molecule has 0 aliphatic rings. The third-order valence-electron chi connectivity index (χ3n) is 2.64. The first-order chi connectivity index (χ1) is 9.58.